The van der Waals surface area contributed by atoms with Crippen molar-refractivity contribution in [3.63, 3.8) is 0 Å². The summed E-state index contributed by atoms with van der Waals surface area (Å²) in [5.74, 6) is -0.519. The van der Waals surface area contributed by atoms with E-state index in [0.29, 0.717) is 25.6 Å². The van der Waals surface area contributed by atoms with E-state index in [4.69, 9.17) is 0 Å². The van der Waals surface area contributed by atoms with Crippen molar-refractivity contribution in [2.24, 2.45) is 5.92 Å². The second-order valence-corrected chi connectivity index (χ2v) is 7.75. The minimum Gasteiger partial charge on any atom is -0.352 e. The highest BCUT2D eigenvalue weighted by Crippen LogP contribution is 2.18. The van der Waals surface area contributed by atoms with Crippen LogP contribution in [0, 0.1) is 5.92 Å². The Bertz CT molecular complexity index is 779. The van der Waals surface area contributed by atoms with E-state index in [2.05, 4.69) is 18.5 Å². The summed E-state index contributed by atoms with van der Waals surface area (Å²) in [4.78, 5) is 40.2. The van der Waals surface area contributed by atoms with E-state index in [0.717, 1.165) is 25.7 Å². The fourth-order valence-corrected chi connectivity index (χ4v) is 3.53. The van der Waals surface area contributed by atoms with Crippen LogP contribution in [-0.2, 0) is 6.54 Å². The number of carbonyl (C=O) groups excluding carboxylic acids is 2. The van der Waals surface area contributed by atoms with Crippen LogP contribution in [-0.4, -0.2) is 40.4 Å². The number of carbonyl (C=O) groups is 2. The molecule has 1 N–H and O–H groups in total. The number of rotatable bonds is 9. The van der Waals surface area contributed by atoms with Crippen molar-refractivity contribution in [3.05, 3.63) is 59.1 Å². The third-order valence-corrected chi connectivity index (χ3v) is 4.81. The second kappa shape index (κ2) is 10.1. The van der Waals surface area contributed by atoms with E-state index in [1.165, 1.54) is 4.90 Å². The summed E-state index contributed by atoms with van der Waals surface area (Å²) < 4.78 is 1.77. The molecule has 152 valence electrons. The van der Waals surface area contributed by atoms with Gasteiger partial charge in [-0.2, -0.15) is 0 Å². The molecule has 0 radical (unpaired) electrons. The van der Waals surface area contributed by atoms with Gasteiger partial charge >= 0.3 is 0 Å². The Morgan fingerprint density at radius 3 is 2.29 bits per heavy atom. The van der Waals surface area contributed by atoms with Crippen LogP contribution in [0.4, 0.5) is 0 Å². The Labute approximate surface area is 166 Å². The van der Waals surface area contributed by atoms with E-state index in [1.54, 1.807) is 29.1 Å². The van der Waals surface area contributed by atoms with Crippen molar-refractivity contribution in [2.45, 2.75) is 52.1 Å². The lowest BCUT2D eigenvalue weighted by Crippen LogP contribution is -2.40. The second-order valence-electron chi connectivity index (χ2n) is 7.75. The van der Waals surface area contributed by atoms with Gasteiger partial charge < -0.3 is 14.8 Å². The third kappa shape index (κ3) is 5.44. The Balaban J connectivity index is 2.43. The predicted octanol–water partition coefficient (Wildman–Crippen LogP) is 2.99. The summed E-state index contributed by atoms with van der Waals surface area (Å²) in [5, 5.41) is 2.95. The quantitative estimate of drug-likeness (QED) is 0.664. The summed E-state index contributed by atoms with van der Waals surface area (Å²) in [6.07, 6.45) is 10.3. The van der Waals surface area contributed by atoms with Gasteiger partial charge in [0.2, 0.25) is 5.43 Å². The molecule has 0 aromatic carbocycles. The lowest BCUT2D eigenvalue weighted by molar-refractivity contribution is 0.0788. The van der Waals surface area contributed by atoms with Gasteiger partial charge in [0, 0.05) is 38.1 Å². The molecule has 0 bridgehead atoms. The predicted molar refractivity (Wildman–Crippen MR) is 112 cm³/mol. The van der Waals surface area contributed by atoms with Gasteiger partial charge in [0.05, 0.1) is 0 Å². The smallest absolute Gasteiger partial charge is 0.259 e. The van der Waals surface area contributed by atoms with Gasteiger partial charge in [-0.1, -0.05) is 38.8 Å². The van der Waals surface area contributed by atoms with Crippen LogP contribution >= 0.6 is 0 Å². The van der Waals surface area contributed by atoms with Crippen molar-refractivity contribution < 1.29 is 9.59 Å². The van der Waals surface area contributed by atoms with Crippen LogP contribution in [0.15, 0.2) is 42.5 Å². The van der Waals surface area contributed by atoms with Crippen LogP contribution in [0.2, 0.25) is 0 Å². The van der Waals surface area contributed by atoms with Crippen molar-refractivity contribution in [1.29, 1.82) is 0 Å². The number of aromatic nitrogens is 1. The fraction of sp³-hybridized carbons (Fsp3) is 0.500. The Hall–Kier alpha value is -2.63. The molecule has 0 aliphatic heterocycles. The van der Waals surface area contributed by atoms with Gasteiger partial charge in [-0.05, 0) is 18.8 Å². The molecule has 6 nitrogen and oxygen atoms in total. The first-order chi connectivity index (χ1) is 13.4. The summed E-state index contributed by atoms with van der Waals surface area (Å²) in [7, 11) is 0. The molecule has 1 heterocycles. The number of amides is 2. The SMILES string of the molecule is C=CCN(CC=C)C(=O)c1cn(CC(C)C)cc(C(=O)NC2CCCC2)c1=O. The van der Waals surface area contributed by atoms with Gasteiger partial charge in [0.25, 0.3) is 11.8 Å². The first kappa shape index (κ1) is 21.7. The summed E-state index contributed by atoms with van der Waals surface area (Å²) in [6, 6.07) is 0.0998. The molecule has 0 unspecified atom stereocenters. The lowest BCUT2D eigenvalue weighted by Gasteiger charge is -2.21. The highest BCUT2D eigenvalue weighted by Gasteiger charge is 2.25. The van der Waals surface area contributed by atoms with Crippen molar-refractivity contribution >= 4 is 11.8 Å². The van der Waals surface area contributed by atoms with Crippen LogP contribution < -0.4 is 10.7 Å². The van der Waals surface area contributed by atoms with E-state index >= 15 is 0 Å². The number of hydrogen-bond acceptors (Lipinski definition) is 3. The minimum absolute atomic E-state index is 0.00317. The van der Waals surface area contributed by atoms with E-state index in [-0.39, 0.29) is 17.2 Å². The molecule has 6 heteroatoms. The molecule has 1 fully saturated rings. The van der Waals surface area contributed by atoms with Gasteiger partial charge in [-0.15, -0.1) is 13.2 Å². The molecule has 2 amide bonds. The number of nitrogens with zero attached hydrogens (tertiary/aromatic N) is 2. The van der Waals surface area contributed by atoms with Crippen molar-refractivity contribution in [2.75, 3.05) is 13.1 Å². The van der Waals surface area contributed by atoms with Gasteiger partial charge in [0.1, 0.15) is 11.1 Å². The Morgan fingerprint density at radius 1 is 1.18 bits per heavy atom. The zero-order chi connectivity index (χ0) is 20.7. The van der Waals surface area contributed by atoms with Crippen LogP contribution in [0.5, 0.6) is 0 Å². The number of hydrogen-bond donors (Lipinski definition) is 1. The molecule has 1 aromatic rings. The molecule has 1 aliphatic rings. The maximum atomic E-state index is 13.0. The minimum atomic E-state index is -0.529. The van der Waals surface area contributed by atoms with Crippen LogP contribution in [0.3, 0.4) is 0 Å². The molecule has 2 rings (SSSR count). The Morgan fingerprint density at radius 2 is 1.75 bits per heavy atom. The zero-order valence-corrected chi connectivity index (χ0v) is 16.9. The molecule has 0 atom stereocenters. The maximum Gasteiger partial charge on any atom is 0.259 e. The monoisotopic (exact) mass is 385 g/mol. The van der Waals surface area contributed by atoms with Gasteiger partial charge in [-0.25, -0.2) is 0 Å². The van der Waals surface area contributed by atoms with Crippen LogP contribution in [0.1, 0.15) is 60.2 Å². The highest BCUT2D eigenvalue weighted by molar-refractivity contribution is 5.99. The summed E-state index contributed by atoms with van der Waals surface area (Å²) >= 11 is 0. The molecular formula is C22H31N3O3. The maximum absolute atomic E-state index is 13.0. The number of nitrogens with one attached hydrogen (secondary N) is 1. The normalized spacial score (nSPS) is 14.1. The average molecular weight is 386 g/mol. The standard InChI is InChI=1S/C22H31N3O3/c1-5-11-25(12-6-2)22(28)19-15-24(13-16(3)4)14-18(20(19)26)21(27)23-17-9-7-8-10-17/h5-6,14-17H,1-2,7-13H2,3-4H3,(H,23,27). The topological polar surface area (TPSA) is 71.4 Å². The van der Waals surface area contributed by atoms with E-state index in [1.807, 2.05) is 13.8 Å². The van der Waals surface area contributed by atoms with E-state index in [9.17, 15) is 14.4 Å². The summed E-state index contributed by atoms with van der Waals surface area (Å²) in [6.45, 7) is 12.6. The third-order valence-electron chi connectivity index (χ3n) is 4.81. The first-order valence-corrected chi connectivity index (χ1v) is 9.93. The zero-order valence-electron chi connectivity index (χ0n) is 16.9. The van der Waals surface area contributed by atoms with Crippen LogP contribution in [0.25, 0.3) is 0 Å². The molecular weight excluding hydrogens is 354 g/mol. The molecule has 0 saturated heterocycles. The van der Waals surface area contributed by atoms with E-state index < -0.39 is 17.2 Å². The van der Waals surface area contributed by atoms with Crippen molar-refractivity contribution in [3.8, 4) is 0 Å². The van der Waals surface area contributed by atoms with Crippen molar-refractivity contribution in [1.82, 2.24) is 14.8 Å². The van der Waals surface area contributed by atoms with Gasteiger partial charge in [0.15, 0.2) is 0 Å². The van der Waals surface area contributed by atoms with Gasteiger partial charge in [-0.3, -0.25) is 14.4 Å². The molecule has 0 spiro atoms. The summed E-state index contributed by atoms with van der Waals surface area (Å²) in [5.41, 5.74) is -0.502. The molecule has 1 saturated carbocycles. The fourth-order valence-electron chi connectivity index (χ4n) is 3.53. The Kier molecular flexibility index (Phi) is 7.79. The molecule has 28 heavy (non-hydrogen) atoms. The first-order valence-electron chi connectivity index (χ1n) is 9.93. The number of pyridine rings is 1. The molecule has 1 aliphatic carbocycles. The lowest BCUT2D eigenvalue weighted by atomic mass is 10.1. The molecule has 1 aromatic heterocycles. The highest BCUT2D eigenvalue weighted by atomic mass is 16.2. The average Bonchev–Trinajstić information content (AvgIpc) is 3.14. The largest absolute Gasteiger partial charge is 0.352 e.